The van der Waals surface area contributed by atoms with Crippen LogP contribution in [0.2, 0.25) is 0 Å². The fourth-order valence-corrected chi connectivity index (χ4v) is 2.26. The lowest BCUT2D eigenvalue weighted by Crippen LogP contribution is -2.42. The molecule has 0 bridgehead atoms. The van der Waals surface area contributed by atoms with Gasteiger partial charge in [-0.1, -0.05) is 0 Å². The quantitative estimate of drug-likeness (QED) is 0.759. The molecule has 0 radical (unpaired) electrons. The first kappa shape index (κ1) is 11.9. The highest BCUT2D eigenvalue weighted by Gasteiger charge is 2.34. The number of likely N-dealkylation sites (tertiary alicyclic amines) is 1. The Bertz CT molecular complexity index is 179. The Labute approximate surface area is 84.4 Å². The molecular weight excluding hydrogens is 186 g/mol. The van der Waals surface area contributed by atoms with E-state index in [0.29, 0.717) is 6.54 Å². The van der Waals surface area contributed by atoms with Crippen LogP contribution in [-0.4, -0.2) is 37.5 Å². The van der Waals surface area contributed by atoms with E-state index in [1.54, 1.807) is 0 Å². The molecule has 0 amide bonds. The van der Waals surface area contributed by atoms with Crippen LogP contribution in [-0.2, 0) is 0 Å². The van der Waals surface area contributed by atoms with Gasteiger partial charge in [0.25, 0.3) is 0 Å². The molecule has 1 rings (SSSR count). The van der Waals surface area contributed by atoms with Crippen molar-refractivity contribution in [3.8, 4) is 0 Å². The number of rotatable bonds is 3. The normalized spacial score (nSPS) is 30.6. The summed E-state index contributed by atoms with van der Waals surface area (Å²) in [6.07, 6.45) is 0.924. The topological polar surface area (TPSA) is 29.3 Å². The van der Waals surface area contributed by atoms with Gasteiger partial charge in [-0.05, 0) is 45.3 Å². The van der Waals surface area contributed by atoms with Gasteiger partial charge >= 0.3 is 0 Å². The minimum atomic E-state index is -2.56. The number of piperidine rings is 1. The number of nitrogens with zero attached hydrogens (tertiary/aromatic N) is 1. The molecule has 1 saturated heterocycles. The number of halogens is 2. The van der Waals surface area contributed by atoms with E-state index < -0.39 is 5.92 Å². The second kappa shape index (κ2) is 4.53. The van der Waals surface area contributed by atoms with E-state index in [9.17, 15) is 8.78 Å². The van der Waals surface area contributed by atoms with Crippen molar-refractivity contribution in [1.29, 1.82) is 0 Å². The van der Waals surface area contributed by atoms with Crippen LogP contribution >= 0.6 is 0 Å². The van der Waals surface area contributed by atoms with Crippen molar-refractivity contribution in [3.63, 3.8) is 0 Å². The van der Waals surface area contributed by atoms with Crippen molar-refractivity contribution in [2.45, 2.75) is 25.7 Å². The third-order valence-corrected chi connectivity index (χ3v) is 3.02. The highest BCUT2D eigenvalue weighted by Crippen LogP contribution is 2.31. The van der Waals surface area contributed by atoms with Crippen molar-refractivity contribution in [1.82, 2.24) is 4.90 Å². The summed E-state index contributed by atoms with van der Waals surface area (Å²) in [7, 11) is 1.98. The average Bonchev–Trinajstić information content (AvgIpc) is 2.01. The van der Waals surface area contributed by atoms with Crippen LogP contribution in [0.5, 0.6) is 0 Å². The van der Waals surface area contributed by atoms with Gasteiger partial charge in [-0.3, -0.25) is 0 Å². The number of nitrogens with two attached hydrogens (primary N) is 1. The molecule has 1 aliphatic rings. The van der Waals surface area contributed by atoms with Crippen molar-refractivity contribution in [3.05, 3.63) is 0 Å². The minimum Gasteiger partial charge on any atom is -0.330 e. The van der Waals surface area contributed by atoms with Gasteiger partial charge < -0.3 is 10.6 Å². The van der Waals surface area contributed by atoms with Crippen molar-refractivity contribution in [2.24, 2.45) is 17.6 Å². The van der Waals surface area contributed by atoms with Crippen molar-refractivity contribution < 1.29 is 8.78 Å². The van der Waals surface area contributed by atoms with Crippen LogP contribution in [0.15, 0.2) is 0 Å². The number of hydrogen-bond acceptors (Lipinski definition) is 2. The highest BCUT2D eigenvalue weighted by atomic mass is 19.3. The zero-order valence-corrected chi connectivity index (χ0v) is 8.97. The third-order valence-electron chi connectivity index (χ3n) is 3.02. The Morgan fingerprint density at radius 1 is 1.43 bits per heavy atom. The molecule has 0 aliphatic carbocycles. The molecule has 14 heavy (non-hydrogen) atoms. The summed E-state index contributed by atoms with van der Waals surface area (Å²) in [5, 5.41) is 0. The molecule has 0 aromatic heterocycles. The molecular formula is C10H20F2N2. The molecule has 84 valence electrons. The van der Waals surface area contributed by atoms with Crippen molar-refractivity contribution >= 4 is 0 Å². The second-order valence-electron chi connectivity index (χ2n) is 4.58. The van der Waals surface area contributed by atoms with Gasteiger partial charge in [-0.25, -0.2) is 8.78 Å². The lowest BCUT2D eigenvalue weighted by Gasteiger charge is -2.37. The first-order valence-corrected chi connectivity index (χ1v) is 5.19. The first-order chi connectivity index (χ1) is 6.42. The van der Waals surface area contributed by atoms with E-state index in [4.69, 9.17) is 5.73 Å². The molecule has 2 nitrogen and oxygen atoms in total. The van der Waals surface area contributed by atoms with E-state index in [2.05, 4.69) is 4.90 Å². The van der Waals surface area contributed by atoms with Gasteiger partial charge in [0.05, 0.1) is 0 Å². The average molecular weight is 206 g/mol. The molecule has 0 spiro atoms. The molecule has 0 aromatic carbocycles. The van der Waals surface area contributed by atoms with Crippen LogP contribution in [0.25, 0.3) is 0 Å². The van der Waals surface area contributed by atoms with Gasteiger partial charge in [-0.15, -0.1) is 0 Å². The SMILES string of the molecule is CN1CCC(CN)C(CC(C)(F)F)C1. The third kappa shape index (κ3) is 3.50. The zero-order valence-electron chi connectivity index (χ0n) is 8.97. The summed E-state index contributed by atoms with van der Waals surface area (Å²) in [4.78, 5) is 2.11. The van der Waals surface area contributed by atoms with Crippen LogP contribution in [0.4, 0.5) is 8.78 Å². The predicted octanol–water partition coefficient (Wildman–Crippen LogP) is 1.56. The fourth-order valence-electron chi connectivity index (χ4n) is 2.26. The molecule has 0 aromatic rings. The van der Waals surface area contributed by atoms with Crippen LogP contribution in [0, 0.1) is 11.8 Å². The summed E-state index contributed by atoms with van der Waals surface area (Å²) in [5.74, 6) is -2.23. The maximum Gasteiger partial charge on any atom is 0.245 e. The van der Waals surface area contributed by atoms with Gasteiger partial charge in [0.15, 0.2) is 0 Å². The summed E-state index contributed by atoms with van der Waals surface area (Å²) in [6, 6.07) is 0. The smallest absolute Gasteiger partial charge is 0.245 e. The Hall–Kier alpha value is -0.220. The minimum absolute atomic E-state index is 0.0286. The van der Waals surface area contributed by atoms with E-state index in [0.717, 1.165) is 26.4 Å². The standard InChI is InChI=1S/C10H20F2N2/c1-10(11,12)5-9-7-14(2)4-3-8(9)6-13/h8-9H,3-7,13H2,1-2H3. The van der Waals surface area contributed by atoms with Gasteiger partial charge in [-0.2, -0.15) is 0 Å². The van der Waals surface area contributed by atoms with Crippen LogP contribution in [0.3, 0.4) is 0 Å². The van der Waals surface area contributed by atoms with E-state index >= 15 is 0 Å². The maximum absolute atomic E-state index is 12.9. The summed E-state index contributed by atoms with van der Waals surface area (Å²) < 4.78 is 25.8. The summed E-state index contributed by atoms with van der Waals surface area (Å²) >= 11 is 0. The zero-order chi connectivity index (χ0) is 10.8. The first-order valence-electron chi connectivity index (χ1n) is 5.19. The summed E-state index contributed by atoms with van der Waals surface area (Å²) in [6.45, 7) is 3.27. The maximum atomic E-state index is 12.9. The Kier molecular flexibility index (Phi) is 3.84. The molecule has 2 atom stereocenters. The Morgan fingerprint density at radius 3 is 2.57 bits per heavy atom. The lowest BCUT2D eigenvalue weighted by atomic mass is 9.82. The fraction of sp³-hybridized carbons (Fsp3) is 1.00. The molecule has 2 N–H and O–H groups in total. The van der Waals surface area contributed by atoms with Gasteiger partial charge in [0.1, 0.15) is 0 Å². The molecule has 1 aliphatic heterocycles. The Balaban J connectivity index is 2.53. The van der Waals surface area contributed by atoms with Crippen LogP contribution < -0.4 is 5.73 Å². The largest absolute Gasteiger partial charge is 0.330 e. The number of hydrogen-bond donors (Lipinski definition) is 1. The predicted molar refractivity (Wildman–Crippen MR) is 53.4 cm³/mol. The van der Waals surface area contributed by atoms with Gasteiger partial charge in [0, 0.05) is 13.0 Å². The molecule has 2 unspecified atom stereocenters. The second-order valence-corrected chi connectivity index (χ2v) is 4.58. The Morgan fingerprint density at radius 2 is 2.07 bits per heavy atom. The van der Waals surface area contributed by atoms with Crippen LogP contribution in [0.1, 0.15) is 19.8 Å². The molecule has 4 heteroatoms. The lowest BCUT2D eigenvalue weighted by molar-refractivity contribution is -0.0251. The van der Waals surface area contributed by atoms with Crippen molar-refractivity contribution in [2.75, 3.05) is 26.7 Å². The molecule has 0 saturated carbocycles. The highest BCUT2D eigenvalue weighted by molar-refractivity contribution is 4.82. The van der Waals surface area contributed by atoms with E-state index in [1.165, 1.54) is 0 Å². The summed E-state index contributed by atoms with van der Waals surface area (Å²) in [5.41, 5.74) is 5.59. The van der Waals surface area contributed by atoms with E-state index in [1.807, 2.05) is 7.05 Å². The molecule has 1 fully saturated rings. The van der Waals surface area contributed by atoms with E-state index in [-0.39, 0.29) is 18.3 Å². The van der Waals surface area contributed by atoms with Gasteiger partial charge in [0.2, 0.25) is 5.92 Å². The molecule has 1 heterocycles. The number of alkyl halides is 2. The monoisotopic (exact) mass is 206 g/mol.